The second-order valence-electron chi connectivity index (χ2n) is 6.25. The molecule has 1 aromatic rings. The van der Waals surface area contributed by atoms with Crippen LogP contribution in [0.2, 0.25) is 0 Å². The van der Waals surface area contributed by atoms with Crippen molar-refractivity contribution in [2.75, 3.05) is 20.3 Å². The standard InChI is InChI=1S/C16H26N4O3/c1-11-13(12(2)19(3)18-11)6-7-14(21)20-9-5-8-16(20,10-23-4)15(17)22/h5-10H2,1-4H3,(H2,17,22). The Labute approximate surface area is 136 Å². The maximum absolute atomic E-state index is 12.7. The van der Waals surface area contributed by atoms with Gasteiger partial charge in [0.25, 0.3) is 0 Å². The third-order valence-electron chi connectivity index (χ3n) is 4.88. The third kappa shape index (κ3) is 3.10. The van der Waals surface area contributed by atoms with Crippen molar-refractivity contribution >= 4 is 11.8 Å². The minimum Gasteiger partial charge on any atom is -0.382 e. The number of hydrogen-bond acceptors (Lipinski definition) is 4. The maximum atomic E-state index is 12.7. The molecule has 0 saturated carbocycles. The molecule has 0 bridgehead atoms. The van der Waals surface area contributed by atoms with Crippen molar-refractivity contribution in [1.29, 1.82) is 0 Å². The maximum Gasteiger partial charge on any atom is 0.245 e. The molecule has 128 valence electrons. The lowest BCUT2D eigenvalue weighted by Crippen LogP contribution is -2.58. The Hall–Kier alpha value is -1.89. The van der Waals surface area contributed by atoms with E-state index in [0.29, 0.717) is 25.8 Å². The molecular formula is C16H26N4O3. The first-order valence-corrected chi connectivity index (χ1v) is 7.92. The van der Waals surface area contributed by atoms with E-state index in [0.717, 1.165) is 23.4 Å². The highest BCUT2D eigenvalue weighted by Gasteiger charge is 2.48. The normalized spacial score (nSPS) is 21.0. The van der Waals surface area contributed by atoms with Gasteiger partial charge in [-0.1, -0.05) is 0 Å². The molecule has 1 fully saturated rings. The van der Waals surface area contributed by atoms with E-state index >= 15 is 0 Å². The summed E-state index contributed by atoms with van der Waals surface area (Å²) >= 11 is 0. The number of carbonyl (C=O) groups is 2. The number of hydrogen-bond donors (Lipinski definition) is 1. The van der Waals surface area contributed by atoms with Gasteiger partial charge < -0.3 is 15.4 Å². The molecule has 0 radical (unpaired) electrons. The van der Waals surface area contributed by atoms with Gasteiger partial charge in [-0.25, -0.2) is 0 Å². The third-order valence-corrected chi connectivity index (χ3v) is 4.88. The highest BCUT2D eigenvalue weighted by Crippen LogP contribution is 2.30. The van der Waals surface area contributed by atoms with Crippen LogP contribution in [-0.2, 0) is 27.8 Å². The van der Waals surface area contributed by atoms with Crippen molar-refractivity contribution in [3.63, 3.8) is 0 Å². The fraction of sp³-hybridized carbons (Fsp3) is 0.688. The molecule has 2 amide bonds. The molecule has 2 rings (SSSR count). The van der Waals surface area contributed by atoms with E-state index in [9.17, 15) is 9.59 Å². The number of rotatable bonds is 6. The fourth-order valence-corrected chi connectivity index (χ4v) is 3.50. The molecule has 1 aliphatic heterocycles. The monoisotopic (exact) mass is 322 g/mol. The van der Waals surface area contributed by atoms with Crippen molar-refractivity contribution in [3.8, 4) is 0 Å². The largest absolute Gasteiger partial charge is 0.382 e. The van der Waals surface area contributed by atoms with Crippen LogP contribution in [-0.4, -0.2) is 52.3 Å². The smallest absolute Gasteiger partial charge is 0.245 e. The van der Waals surface area contributed by atoms with Crippen LogP contribution in [0.5, 0.6) is 0 Å². The lowest BCUT2D eigenvalue weighted by atomic mass is 9.95. The van der Waals surface area contributed by atoms with Crippen molar-refractivity contribution in [2.24, 2.45) is 12.8 Å². The molecule has 1 aromatic heterocycles. The van der Waals surface area contributed by atoms with Gasteiger partial charge in [-0.3, -0.25) is 14.3 Å². The zero-order chi connectivity index (χ0) is 17.2. The number of nitrogens with two attached hydrogens (primary N) is 1. The molecule has 1 saturated heterocycles. The fourth-order valence-electron chi connectivity index (χ4n) is 3.50. The Kier molecular flexibility index (Phi) is 5.09. The molecule has 7 nitrogen and oxygen atoms in total. The van der Waals surface area contributed by atoms with Gasteiger partial charge in [0.15, 0.2) is 0 Å². The van der Waals surface area contributed by atoms with E-state index in [2.05, 4.69) is 5.10 Å². The average Bonchev–Trinajstić information content (AvgIpc) is 3.01. The van der Waals surface area contributed by atoms with Crippen molar-refractivity contribution in [2.45, 2.75) is 45.1 Å². The summed E-state index contributed by atoms with van der Waals surface area (Å²) in [5.41, 5.74) is 7.68. The number of nitrogens with zero attached hydrogens (tertiary/aromatic N) is 3. The lowest BCUT2D eigenvalue weighted by molar-refractivity contribution is -0.146. The zero-order valence-electron chi connectivity index (χ0n) is 14.4. The van der Waals surface area contributed by atoms with Gasteiger partial charge in [-0.2, -0.15) is 5.10 Å². The molecule has 1 unspecified atom stereocenters. The predicted molar refractivity (Wildman–Crippen MR) is 85.8 cm³/mol. The number of methoxy groups -OCH3 is 1. The Balaban J connectivity index is 2.12. The van der Waals surface area contributed by atoms with Gasteiger partial charge in [0.05, 0.1) is 12.3 Å². The van der Waals surface area contributed by atoms with Crippen LogP contribution in [0.4, 0.5) is 0 Å². The second kappa shape index (κ2) is 6.70. The minimum absolute atomic E-state index is 0.0546. The highest BCUT2D eigenvalue weighted by molar-refractivity contribution is 5.91. The first kappa shape index (κ1) is 17.5. The summed E-state index contributed by atoms with van der Waals surface area (Å²) < 4.78 is 6.99. The Bertz CT molecular complexity index is 611. The highest BCUT2D eigenvalue weighted by atomic mass is 16.5. The molecule has 7 heteroatoms. The summed E-state index contributed by atoms with van der Waals surface area (Å²) in [5.74, 6) is -0.542. The summed E-state index contributed by atoms with van der Waals surface area (Å²) in [6.07, 6.45) is 2.28. The minimum atomic E-state index is -0.995. The summed E-state index contributed by atoms with van der Waals surface area (Å²) in [7, 11) is 3.42. The van der Waals surface area contributed by atoms with Gasteiger partial charge >= 0.3 is 0 Å². The number of carbonyl (C=O) groups excluding carboxylic acids is 2. The molecule has 2 N–H and O–H groups in total. The van der Waals surface area contributed by atoms with E-state index in [-0.39, 0.29) is 12.5 Å². The van der Waals surface area contributed by atoms with Gasteiger partial charge in [0.1, 0.15) is 5.54 Å². The molecule has 23 heavy (non-hydrogen) atoms. The molecule has 1 aliphatic rings. The number of primary amides is 1. The molecule has 0 aromatic carbocycles. The van der Waals surface area contributed by atoms with Crippen molar-refractivity contribution < 1.29 is 14.3 Å². The van der Waals surface area contributed by atoms with E-state index in [1.807, 2.05) is 25.6 Å². The van der Waals surface area contributed by atoms with Crippen LogP contribution >= 0.6 is 0 Å². The van der Waals surface area contributed by atoms with Gasteiger partial charge in [0.2, 0.25) is 11.8 Å². The molecule has 2 heterocycles. The van der Waals surface area contributed by atoms with E-state index < -0.39 is 11.4 Å². The summed E-state index contributed by atoms with van der Waals surface area (Å²) in [4.78, 5) is 26.2. The van der Waals surface area contributed by atoms with Crippen LogP contribution in [0, 0.1) is 13.8 Å². The summed E-state index contributed by atoms with van der Waals surface area (Å²) in [5, 5.41) is 4.37. The summed E-state index contributed by atoms with van der Waals surface area (Å²) in [6.45, 7) is 4.64. The van der Waals surface area contributed by atoms with Gasteiger partial charge in [-0.15, -0.1) is 0 Å². The topological polar surface area (TPSA) is 90.4 Å². The second-order valence-corrected chi connectivity index (χ2v) is 6.25. The Morgan fingerprint density at radius 1 is 1.39 bits per heavy atom. The first-order chi connectivity index (χ1) is 10.8. The molecule has 0 spiro atoms. The molecule has 1 atom stereocenters. The van der Waals surface area contributed by atoms with Crippen LogP contribution in [0.1, 0.15) is 36.2 Å². The van der Waals surface area contributed by atoms with Crippen LogP contribution in [0.25, 0.3) is 0 Å². The molecular weight excluding hydrogens is 296 g/mol. The van der Waals surface area contributed by atoms with E-state index in [1.54, 1.807) is 4.90 Å². The van der Waals surface area contributed by atoms with Crippen LogP contribution < -0.4 is 5.73 Å². The number of amides is 2. The lowest BCUT2D eigenvalue weighted by Gasteiger charge is -2.35. The van der Waals surface area contributed by atoms with Crippen LogP contribution in [0.3, 0.4) is 0 Å². The van der Waals surface area contributed by atoms with Crippen molar-refractivity contribution in [3.05, 3.63) is 17.0 Å². The van der Waals surface area contributed by atoms with Gasteiger partial charge in [0, 0.05) is 32.8 Å². The Morgan fingerprint density at radius 2 is 2.09 bits per heavy atom. The van der Waals surface area contributed by atoms with Gasteiger partial charge in [-0.05, 0) is 38.7 Å². The zero-order valence-corrected chi connectivity index (χ0v) is 14.4. The SMILES string of the molecule is COCC1(C(N)=O)CCCN1C(=O)CCc1c(C)nn(C)c1C. The number of ether oxygens (including phenoxy) is 1. The summed E-state index contributed by atoms with van der Waals surface area (Å²) in [6, 6.07) is 0. The average molecular weight is 322 g/mol. The first-order valence-electron chi connectivity index (χ1n) is 7.92. The van der Waals surface area contributed by atoms with E-state index in [4.69, 9.17) is 10.5 Å². The quantitative estimate of drug-likeness (QED) is 0.824. The Morgan fingerprint density at radius 3 is 2.61 bits per heavy atom. The van der Waals surface area contributed by atoms with Crippen molar-refractivity contribution in [1.82, 2.24) is 14.7 Å². The number of likely N-dealkylation sites (tertiary alicyclic amines) is 1. The predicted octanol–water partition coefficient (Wildman–Crippen LogP) is 0.462. The van der Waals surface area contributed by atoms with E-state index in [1.165, 1.54) is 7.11 Å². The number of aromatic nitrogens is 2. The number of aryl methyl sites for hydroxylation is 2. The van der Waals surface area contributed by atoms with Crippen LogP contribution in [0.15, 0.2) is 0 Å². The molecule has 0 aliphatic carbocycles.